The topological polar surface area (TPSA) is 46.2 Å². The lowest BCUT2D eigenvalue weighted by Crippen LogP contribution is -2.05. The van der Waals surface area contributed by atoms with Crippen molar-refractivity contribution in [2.45, 2.75) is 103 Å². The zero-order valence-corrected chi connectivity index (χ0v) is 27.4. The fraction of sp³-hybridized carbons (Fsp3) is 0.556. The molecule has 43 heavy (non-hydrogen) atoms. The molecule has 7 heteroatoms. The molecule has 0 saturated carbocycles. The minimum atomic E-state index is 0.151. The molecular weight excluding hydrogens is 583 g/mol. The van der Waals surface area contributed by atoms with Crippen LogP contribution in [0.1, 0.15) is 101 Å². The van der Waals surface area contributed by atoms with Gasteiger partial charge in [-0.15, -0.1) is 23.2 Å². The largest absolute Gasteiger partial charge is 0.465 e. The van der Waals surface area contributed by atoms with Gasteiger partial charge in [0.15, 0.2) is 0 Å². The van der Waals surface area contributed by atoms with Crippen LogP contribution in [0, 0.1) is 0 Å². The third kappa shape index (κ3) is 21.3. The van der Waals surface area contributed by atoms with E-state index >= 15 is 0 Å². The Morgan fingerprint density at radius 1 is 0.488 bits per heavy atom. The number of rotatable bonds is 28. The van der Waals surface area contributed by atoms with E-state index in [2.05, 4.69) is 12.2 Å². The van der Waals surface area contributed by atoms with Crippen LogP contribution in [-0.2, 0) is 27.4 Å². The zero-order chi connectivity index (χ0) is 30.5. The maximum absolute atomic E-state index is 5.75. The van der Waals surface area contributed by atoms with E-state index in [-0.39, 0.29) is 13.6 Å². The lowest BCUT2D eigenvalue weighted by Gasteiger charge is -2.09. The van der Waals surface area contributed by atoms with Crippen molar-refractivity contribution in [3.05, 3.63) is 84.3 Å². The summed E-state index contributed by atoms with van der Waals surface area (Å²) in [5.74, 6) is 3.15. The zero-order valence-electron chi connectivity index (χ0n) is 25.9. The van der Waals surface area contributed by atoms with Gasteiger partial charge in [-0.1, -0.05) is 75.6 Å². The number of halogens is 2. The van der Waals surface area contributed by atoms with Crippen molar-refractivity contribution < 1.29 is 23.7 Å². The highest BCUT2D eigenvalue weighted by atomic mass is 35.5. The highest BCUT2D eigenvalue weighted by molar-refractivity contribution is 6.18. The Morgan fingerprint density at radius 3 is 1.35 bits per heavy atom. The Kier molecular flexibility index (Phi) is 23.8. The quantitative estimate of drug-likeness (QED) is 0.0403. The van der Waals surface area contributed by atoms with Gasteiger partial charge in [0.2, 0.25) is 0 Å². The average molecular weight is 636 g/mol. The Morgan fingerprint density at radius 2 is 0.907 bits per heavy atom. The van der Waals surface area contributed by atoms with Crippen molar-refractivity contribution in [2.24, 2.45) is 0 Å². The molecule has 0 amide bonds. The number of hydrogen-bond acceptors (Lipinski definition) is 5. The maximum Gasteiger partial charge on any atom is 0.150 e. The number of hydrogen-bond donors (Lipinski definition) is 0. The minimum Gasteiger partial charge on any atom is -0.465 e. The molecule has 0 aliphatic heterocycles. The van der Waals surface area contributed by atoms with Crippen LogP contribution in [0.3, 0.4) is 0 Å². The van der Waals surface area contributed by atoms with E-state index in [1.54, 1.807) is 12.5 Å². The van der Waals surface area contributed by atoms with Crippen molar-refractivity contribution in [3.8, 4) is 11.5 Å². The molecule has 0 aliphatic rings. The van der Waals surface area contributed by atoms with Crippen LogP contribution in [0.5, 0.6) is 11.5 Å². The summed E-state index contributed by atoms with van der Waals surface area (Å²) < 4.78 is 28.3. The number of alkyl halides is 2. The molecule has 0 heterocycles. The normalized spacial score (nSPS) is 11.6. The van der Waals surface area contributed by atoms with Gasteiger partial charge < -0.3 is 23.7 Å². The molecule has 0 N–H and O–H groups in total. The third-order valence-corrected chi connectivity index (χ3v) is 7.31. The standard InChI is InChI=1S/C36H52Cl2O5/c37-23-13-9-5-1-3-7-11-15-25-42-35-21-17-19-33(27-35)29-39-31-41-32-40-30-34-20-18-22-36(28-34)43-26-16-12-8-4-2-6-10-14-24-38/h15-22,25-28H,1-14,23-24,29-32H2. The van der Waals surface area contributed by atoms with Crippen LogP contribution in [0.25, 0.3) is 0 Å². The number of ether oxygens (including phenoxy) is 5. The van der Waals surface area contributed by atoms with Gasteiger partial charge >= 0.3 is 0 Å². The van der Waals surface area contributed by atoms with Crippen LogP contribution in [-0.4, -0.2) is 25.3 Å². The van der Waals surface area contributed by atoms with E-state index in [1.807, 2.05) is 48.5 Å². The lowest BCUT2D eigenvalue weighted by molar-refractivity contribution is -0.139. The molecule has 0 aromatic heterocycles. The van der Waals surface area contributed by atoms with Gasteiger partial charge in [0, 0.05) is 11.8 Å². The first-order valence-electron chi connectivity index (χ1n) is 16.0. The average Bonchev–Trinajstić information content (AvgIpc) is 3.03. The van der Waals surface area contributed by atoms with Crippen LogP contribution in [0.4, 0.5) is 0 Å². The predicted octanol–water partition coefficient (Wildman–Crippen LogP) is 11.1. The Bertz CT molecular complexity index is 904. The van der Waals surface area contributed by atoms with Crippen molar-refractivity contribution >= 4 is 23.2 Å². The van der Waals surface area contributed by atoms with Gasteiger partial charge in [0.1, 0.15) is 25.1 Å². The lowest BCUT2D eigenvalue weighted by atomic mass is 10.1. The van der Waals surface area contributed by atoms with Crippen LogP contribution < -0.4 is 9.47 Å². The number of allylic oxidation sites excluding steroid dienone is 2. The van der Waals surface area contributed by atoms with Crippen molar-refractivity contribution in [1.82, 2.24) is 0 Å². The summed E-state index contributed by atoms with van der Waals surface area (Å²) in [5, 5.41) is 0. The van der Waals surface area contributed by atoms with Gasteiger partial charge in [-0.2, -0.15) is 0 Å². The second-order valence-corrected chi connectivity index (χ2v) is 11.4. The second kappa shape index (κ2) is 27.5. The fourth-order valence-corrected chi connectivity index (χ4v) is 4.78. The molecule has 2 aromatic rings. The smallest absolute Gasteiger partial charge is 0.150 e. The van der Waals surface area contributed by atoms with Crippen molar-refractivity contribution in [1.29, 1.82) is 0 Å². The molecule has 0 atom stereocenters. The second-order valence-electron chi connectivity index (χ2n) is 10.6. The summed E-state index contributed by atoms with van der Waals surface area (Å²) in [7, 11) is 0. The van der Waals surface area contributed by atoms with E-state index < -0.39 is 0 Å². The Balaban J connectivity index is 1.49. The SMILES string of the molecule is ClCCCCCCCCC=COc1cccc(COCOCOCc2cccc(OC=CCCCCCCCCCl)c2)c1. The fourth-order valence-electron chi connectivity index (χ4n) is 4.41. The maximum atomic E-state index is 5.75. The van der Waals surface area contributed by atoms with Crippen LogP contribution in [0.15, 0.2) is 73.2 Å². The van der Waals surface area contributed by atoms with Gasteiger partial charge in [-0.25, -0.2) is 0 Å². The van der Waals surface area contributed by atoms with Gasteiger partial charge in [0.25, 0.3) is 0 Å². The number of benzene rings is 2. The van der Waals surface area contributed by atoms with E-state index in [0.717, 1.165) is 60.1 Å². The molecule has 2 aromatic carbocycles. The monoisotopic (exact) mass is 634 g/mol. The van der Waals surface area contributed by atoms with Crippen molar-refractivity contribution in [3.63, 3.8) is 0 Å². The van der Waals surface area contributed by atoms with E-state index in [4.69, 9.17) is 46.9 Å². The summed E-state index contributed by atoms with van der Waals surface area (Å²) in [6.07, 6.45) is 24.5. The molecule has 2 rings (SSSR count). The molecule has 0 fully saturated rings. The Labute approximate surface area is 270 Å². The van der Waals surface area contributed by atoms with Crippen molar-refractivity contribution in [2.75, 3.05) is 25.3 Å². The molecule has 0 spiro atoms. The first-order valence-corrected chi connectivity index (χ1v) is 17.0. The molecule has 5 nitrogen and oxygen atoms in total. The summed E-state index contributed by atoms with van der Waals surface area (Å²) in [4.78, 5) is 0. The molecular formula is C36H52Cl2O5. The first kappa shape index (κ1) is 37.2. The summed E-state index contributed by atoms with van der Waals surface area (Å²) in [5.41, 5.74) is 2.05. The van der Waals surface area contributed by atoms with Crippen LogP contribution >= 0.6 is 23.2 Å². The summed E-state index contributed by atoms with van der Waals surface area (Å²) >= 11 is 11.4. The third-order valence-electron chi connectivity index (χ3n) is 6.78. The molecule has 0 bridgehead atoms. The summed E-state index contributed by atoms with van der Waals surface area (Å²) in [6.45, 7) is 1.18. The van der Waals surface area contributed by atoms with Gasteiger partial charge in [-0.05, 0) is 86.1 Å². The molecule has 0 unspecified atom stereocenters. The number of unbranched alkanes of at least 4 members (excludes halogenated alkanes) is 12. The Hall–Kier alpha value is -2.02. The van der Waals surface area contributed by atoms with Gasteiger partial charge in [0.05, 0.1) is 25.7 Å². The van der Waals surface area contributed by atoms with E-state index in [9.17, 15) is 0 Å². The molecule has 0 radical (unpaired) electrons. The minimum absolute atomic E-state index is 0.151. The van der Waals surface area contributed by atoms with Gasteiger partial charge in [-0.3, -0.25) is 0 Å². The molecule has 0 saturated heterocycles. The van der Waals surface area contributed by atoms with Crippen LogP contribution in [0.2, 0.25) is 0 Å². The summed E-state index contributed by atoms with van der Waals surface area (Å²) in [6, 6.07) is 15.8. The first-order chi connectivity index (χ1) is 21.3. The van der Waals surface area contributed by atoms with E-state index in [1.165, 1.54) is 64.2 Å². The highest BCUT2D eigenvalue weighted by Crippen LogP contribution is 2.16. The van der Waals surface area contributed by atoms with E-state index in [0.29, 0.717) is 13.2 Å². The molecule has 240 valence electrons. The molecule has 0 aliphatic carbocycles. The predicted molar refractivity (Wildman–Crippen MR) is 179 cm³/mol. The highest BCUT2D eigenvalue weighted by Gasteiger charge is 2.00.